The predicted molar refractivity (Wildman–Crippen MR) is 75.8 cm³/mol. The molecule has 0 saturated heterocycles. The number of benzene rings is 2. The standard InChI is InChI=1S/C8H5F3O.C7H4BrF3/c9-7-3-5(8(10)11)1-2-6(7)4-12;8-5-2-1-4(7(10)11)3-6(5)9/h1-4,8H;1-3,7H. The molecule has 0 heterocycles. The second-order valence-electron chi connectivity index (χ2n) is 4.17. The largest absolute Gasteiger partial charge is 0.298 e. The number of carbonyl (C=O) groups excluding carboxylic acids is 1. The van der Waals surface area contributed by atoms with Crippen molar-refractivity contribution >= 4 is 22.2 Å². The van der Waals surface area contributed by atoms with Crippen LogP contribution < -0.4 is 0 Å². The molecule has 0 spiro atoms. The van der Waals surface area contributed by atoms with Crippen LogP contribution in [0.3, 0.4) is 0 Å². The van der Waals surface area contributed by atoms with E-state index in [1.54, 1.807) is 0 Å². The van der Waals surface area contributed by atoms with Gasteiger partial charge in [-0.25, -0.2) is 26.3 Å². The zero-order valence-corrected chi connectivity index (χ0v) is 12.8. The molecule has 1 nitrogen and oxygen atoms in total. The number of aldehydes is 1. The van der Waals surface area contributed by atoms with Crippen LogP contribution in [0.2, 0.25) is 0 Å². The number of hydrogen-bond donors (Lipinski definition) is 0. The monoisotopic (exact) mass is 398 g/mol. The Balaban J connectivity index is 0.000000231. The maximum absolute atomic E-state index is 12.6. The molecule has 2 aromatic rings. The van der Waals surface area contributed by atoms with Crippen LogP contribution in [0.5, 0.6) is 0 Å². The van der Waals surface area contributed by atoms with E-state index in [9.17, 15) is 31.1 Å². The summed E-state index contributed by atoms with van der Waals surface area (Å²) >= 11 is 2.86. The summed E-state index contributed by atoms with van der Waals surface area (Å²) in [5, 5.41) is 0. The molecule has 23 heavy (non-hydrogen) atoms. The predicted octanol–water partition coefficient (Wildman–Crippen LogP) is 6.10. The van der Waals surface area contributed by atoms with Crippen molar-refractivity contribution in [2.24, 2.45) is 0 Å². The van der Waals surface area contributed by atoms with Gasteiger partial charge in [0.2, 0.25) is 0 Å². The third-order valence-corrected chi connectivity index (χ3v) is 3.24. The fourth-order valence-corrected chi connectivity index (χ4v) is 1.67. The van der Waals surface area contributed by atoms with Gasteiger partial charge in [0.1, 0.15) is 11.6 Å². The van der Waals surface area contributed by atoms with E-state index >= 15 is 0 Å². The molecule has 0 unspecified atom stereocenters. The molecule has 8 heteroatoms. The third kappa shape index (κ3) is 5.70. The van der Waals surface area contributed by atoms with Crippen molar-refractivity contribution in [1.29, 1.82) is 0 Å². The Morgan fingerprint density at radius 1 is 0.826 bits per heavy atom. The molecule has 2 aromatic carbocycles. The highest BCUT2D eigenvalue weighted by atomic mass is 79.9. The SMILES string of the molecule is Fc1cc(C(F)F)ccc1Br.O=Cc1ccc(C(F)F)cc1F. The maximum atomic E-state index is 12.6. The number of rotatable bonds is 3. The Bertz CT molecular complexity index is 675. The topological polar surface area (TPSA) is 17.1 Å². The van der Waals surface area contributed by atoms with E-state index in [4.69, 9.17) is 0 Å². The summed E-state index contributed by atoms with van der Waals surface area (Å²) < 4.78 is 73.1. The first-order valence-electron chi connectivity index (χ1n) is 6.02. The molecule has 0 aromatic heterocycles. The molecule has 0 saturated carbocycles. The molecule has 0 aliphatic carbocycles. The second kappa shape index (κ2) is 8.71. The van der Waals surface area contributed by atoms with Gasteiger partial charge in [-0.2, -0.15) is 0 Å². The Morgan fingerprint density at radius 3 is 1.70 bits per heavy atom. The highest BCUT2D eigenvalue weighted by molar-refractivity contribution is 9.10. The minimum atomic E-state index is -2.71. The molecule has 0 N–H and O–H groups in total. The third-order valence-electron chi connectivity index (χ3n) is 2.60. The smallest absolute Gasteiger partial charge is 0.263 e. The first-order valence-corrected chi connectivity index (χ1v) is 6.81. The van der Waals surface area contributed by atoms with Gasteiger partial charge in [0.15, 0.2) is 6.29 Å². The average molecular weight is 399 g/mol. The molecule has 0 radical (unpaired) electrons. The van der Waals surface area contributed by atoms with Gasteiger partial charge >= 0.3 is 0 Å². The van der Waals surface area contributed by atoms with E-state index in [-0.39, 0.29) is 21.9 Å². The van der Waals surface area contributed by atoms with Gasteiger partial charge in [-0.15, -0.1) is 0 Å². The summed E-state index contributed by atoms with van der Waals surface area (Å²) in [6.45, 7) is 0. The Kier molecular flexibility index (Phi) is 7.28. The summed E-state index contributed by atoms with van der Waals surface area (Å²) in [4.78, 5) is 10.1. The lowest BCUT2D eigenvalue weighted by Crippen LogP contribution is -1.91. The van der Waals surface area contributed by atoms with Gasteiger partial charge in [-0.3, -0.25) is 4.79 Å². The van der Waals surface area contributed by atoms with Crippen molar-refractivity contribution in [2.75, 3.05) is 0 Å². The Labute approximate surface area is 136 Å². The van der Waals surface area contributed by atoms with Crippen LogP contribution in [0.15, 0.2) is 40.9 Å². The lowest BCUT2D eigenvalue weighted by atomic mass is 10.1. The van der Waals surface area contributed by atoms with Crippen LogP contribution in [0.25, 0.3) is 0 Å². The summed E-state index contributed by atoms with van der Waals surface area (Å²) in [6.07, 6.45) is -5.04. The lowest BCUT2D eigenvalue weighted by molar-refractivity contribution is 0.111. The van der Waals surface area contributed by atoms with Crippen LogP contribution >= 0.6 is 15.9 Å². The highest BCUT2D eigenvalue weighted by Crippen LogP contribution is 2.23. The van der Waals surface area contributed by atoms with E-state index in [1.165, 1.54) is 12.1 Å². The van der Waals surface area contributed by atoms with Crippen LogP contribution in [-0.4, -0.2) is 6.29 Å². The summed E-state index contributed by atoms with van der Waals surface area (Å²) in [6, 6.07) is 5.97. The first kappa shape index (κ1) is 19.2. The number of hydrogen-bond acceptors (Lipinski definition) is 1. The molecule has 0 atom stereocenters. The summed E-state index contributed by atoms with van der Waals surface area (Å²) in [7, 11) is 0. The van der Waals surface area contributed by atoms with Crippen molar-refractivity contribution in [2.45, 2.75) is 12.9 Å². The Morgan fingerprint density at radius 2 is 1.30 bits per heavy atom. The maximum Gasteiger partial charge on any atom is 0.263 e. The number of halogens is 7. The normalized spacial score (nSPS) is 10.5. The number of alkyl halides is 4. The average Bonchev–Trinajstić information content (AvgIpc) is 2.50. The minimum absolute atomic E-state index is 0.196. The quantitative estimate of drug-likeness (QED) is 0.450. The molecule has 124 valence electrons. The van der Waals surface area contributed by atoms with Crippen molar-refractivity contribution in [3.05, 3.63) is 69.2 Å². The molecule has 0 aliphatic rings. The molecular formula is C15H9BrF6O. The van der Waals surface area contributed by atoms with Crippen molar-refractivity contribution in [3.63, 3.8) is 0 Å². The van der Waals surface area contributed by atoms with E-state index in [0.29, 0.717) is 6.07 Å². The van der Waals surface area contributed by atoms with Crippen molar-refractivity contribution in [1.82, 2.24) is 0 Å². The molecule has 0 bridgehead atoms. The Hall–Kier alpha value is -1.83. The van der Waals surface area contributed by atoms with Gasteiger partial charge in [-0.1, -0.05) is 12.1 Å². The lowest BCUT2D eigenvalue weighted by Gasteiger charge is -1.99. The van der Waals surface area contributed by atoms with Crippen molar-refractivity contribution in [3.8, 4) is 0 Å². The fourth-order valence-electron chi connectivity index (χ4n) is 1.42. The van der Waals surface area contributed by atoms with Crippen molar-refractivity contribution < 1.29 is 31.1 Å². The number of carbonyl (C=O) groups is 1. The summed E-state index contributed by atoms with van der Waals surface area (Å²) in [5.41, 5.74) is -0.928. The van der Waals surface area contributed by atoms with Gasteiger partial charge < -0.3 is 0 Å². The molecule has 2 rings (SSSR count). The molecule has 0 amide bonds. The molecular weight excluding hydrogens is 390 g/mol. The van der Waals surface area contributed by atoms with Crippen LogP contribution in [-0.2, 0) is 0 Å². The van der Waals surface area contributed by atoms with Gasteiger partial charge in [0.05, 0.1) is 10.0 Å². The zero-order chi connectivity index (χ0) is 17.6. The van der Waals surface area contributed by atoms with E-state index in [2.05, 4.69) is 15.9 Å². The van der Waals surface area contributed by atoms with Crippen LogP contribution in [0.4, 0.5) is 26.3 Å². The van der Waals surface area contributed by atoms with E-state index in [0.717, 1.165) is 18.2 Å². The highest BCUT2D eigenvalue weighted by Gasteiger charge is 2.10. The molecule has 0 aliphatic heterocycles. The van der Waals surface area contributed by atoms with Gasteiger partial charge in [-0.05, 0) is 40.2 Å². The first-order chi connectivity index (χ1) is 10.8. The second-order valence-corrected chi connectivity index (χ2v) is 5.03. The minimum Gasteiger partial charge on any atom is -0.298 e. The zero-order valence-electron chi connectivity index (χ0n) is 11.3. The van der Waals surface area contributed by atoms with Gasteiger partial charge in [0, 0.05) is 11.1 Å². The van der Waals surface area contributed by atoms with Crippen LogP contribution in [0.1, 0.15) is 34.3 Å². The fraction of sp³-hybridized carbons (Fsp3) is 0.133. The van der Waals surface area contributed by atoms with Gasteiger partial charge in [0.25, 0.3) is 12.9 Å². The summed E-state index contributed by atoms with van der Waals surface area (Å²) in [5.74, 6) is -1.58. The van der Waals surface area contributed by atoms with E-state index < -0.39 is 30.0 Å². The molecule has 0 fully saturated rings. The van der Waals surface area contributed by atoms with Crippen LogP contribution in [0, 0.1) is 11.6 Å². The van der Waals surface area contributed by atoms with E-state index in [1.807, 2.05) is 0 Å².